The van der Waals surface area contributed by atoms with E-state index in [9.17, 15) is 14.4 Å². The third-order valence-electron chi connectivity index (χ3n) is 5.82. The number of nitrogens with one attached hydrogen (secondary N) is 1. The number of esters is 1. The summed E-state index contributed by atoms with van der Waals surface area (Å²) in [5.41, 5.74) is 0.635. The molecule has 3 aromatic rings. The molecule has 1 amide bonds. The molecular formula is C27H29NO7. The number of rotatable bonds is 10. The van der Waals surface area contributed by atoms with E-state index in [0.29, 0.717) is 31.6 Å². The lowest BCUT2D eigenvalue weighted by Crippen LogP contribution is -2.34. The van der Waals surface area contributed by atoms with Crippen LogP contribution in [0.5, 0.6) is 11.5 Å². The lowest BCUT2D eigenvalue weighted by molar-refractivity contribution is -0.134. The highest BCUT2D eigenvalue weighted by Crippen LogP contribution is 2.21. The summed E-state index contributed by atoms with van der Waals surface area (Å²) in [7, 11) is 0. The molecule has 35 heavy (non-hydrogen) atoms. The van der Waals surface area contributed by atoms with Gasteiger partial charge in [-0.25, -0.2) is 4.79 Å². The quantitative estimate of drug-likeness (QED) is 0.203. The SMILES string of the molecule is CCc1ccc(OCCCC(=O)Oc2ccc3cc(C(=O)NCC4CCCO4)c(=O)oc3c2)cc1. The Hall–Kier alpha value is -3.65. The van der Waals surface area contributed by atoms with E-state index < -0.39 is 17.5 Å². The van der Waals surface area contributed by atoms with Crippen LogP contribution < -0.4 is 20.4 Å². The Bertz CT molecular complexity index is 1230. The van der Waals surface area contributed by atoms with Crippen LogP contribution in [0, 0.1) is 0 Å². The molecule has 0 spiro atoms. The zero-order chi connectivity index (χ0) is 24.6. The fourth-order valence-electron chi connectivity index (χ4n) is 3.83. The summed E-state index contributed by atoms with van der Waals surface area (Å²) in [5, 5.41) is 3.27. The molecule has 1 fully saturated rings. The van der Waals surface area contributed by atoms with E-state index in [2.05, 4.69) is 12.2 Å². The zero-order valence-electron chi connectivity index (χ0n) is 19.7. The Morgan fingerprint density at radius 1 is 1.09 bits per heavy atom. The summed E-state index contributed by atoms with van der Waals surface area (Å²) in [4.78, 5) is 37.0. The molecule has 184 valence electrons. The molecule has 2 heterocycles. The average molecular weight is 480 g/mol. The van der Waals surface area contributed by atoms with Gasteiger partial charge in [0.25, 0.3) is 5.91 Å². The lowest BCUT2D eigenvalue weighted by Gasteiger charge is -2.10. The fourth-order valence-corrected chi connectivity index (χ4v) is 3.83. The van der Waals surface area contributed by atoms with Crippen molar-refractivity contribution in [3.63, 3.8) is 0 Å². The van der Waals surface area contributed by atoms with E-state index in [0.717, 1.165) is 25.0 Å². The number of hydrogen-bond donors (Lipinski definition) is 1. The average Bonchev–Trinajstić information content (AvgIpc) is 3.39. The fraction of sp³-hybridized carbons (Fsp3) is 0.370. The van der Waals surface area contributed by atoms with Gasteiger partial charge in [0.1, 0.15) is 22.6 Å². The molecule has 1 aliphatic rings. The highest BCUT2D eigenvalue weighted by Gasteiger charge is 2.19. The largest absolute Gasteiger partial charge is 0.494 e. The van der Waals surface area contributed by atoms with Crippen molar-refractivity contribution < 1.29 is 28.2 Å². The van der Waals surface area contributed by atoms with Gasteiger partial charge in [-0.2, -0.15) is 0 Å². The van der Waals surface area contributed by atoms with Crippen LogP contribution in [0.4, 0.5) is 0 Å². The van der Waals surface area contributed by atoms with Crippen LogP contribution in [0.25, 0.3) is 11.0 Å². The molecule has 1 aromatic heterocycles. The van der Waals surface area contributed by atoms with Crippen molar-refractivity contribution in [3.8, 4) is 11.5 Å². The molecule has 1 saturated heterocycles. The summed E-state index contributed by atoms with van der Waals surface area (Å²) in [6, 6.07) is 14.0. The van der Waals surface area contributed by atoms with Gasteiger partial charge >= 0.3 is 11.6 Å². The molecule has 0 radical (unpaired) electrons. The second kappa shape index (κ2) is 11.7. The first-order valence-corrected chi connectivity index (χ1v) is 11.9. The number of carbonyl (C=O) groups is 2. The highest BCUT2D eigenvalue weighted by molar-refractivity contribution is 5.96. The van der Waals surface area contributed by atoms with Gasteiger partial charge in [-0.1, -0.05) is 19.1 Å². The van der Waals surface area contributed by atoms with Gasteiger partial charge in [0.15, 0.2) is 0 Å². The van der Waals surface area contributed by atoms with Crippen LogP contribution in [-0.2, 0) is 16.0 Å². The predicted octanol–water partition coefficient (Wildman–Crippen LogP) is 4.03. The van der Waals surface area contributed by atoms with Gasteiger partial charge in [-0.3, -0.25) is 9.59 Å². The summed E-state index contributed by atoms with van der Waals surface area (Å²) >= 11 is 0. The minimum atomic E-state index is -0.755. The van der Waals surface area contributed by atoms with Crippen molar-refractivity contribution in [2.45, 2.75) is 45.1 Å². The number of benzene rings is 2. The first kappa shape index (κ1) is 24.5. The number of amides is 1. The van der Waals surface area contributed by atoms with Crippen molar-refractivity contribution in [2.75, 3.05) is 19.8 Å². The molecule has 1 N–H and O–H groups in total. The van der Waals surface area contributed by atoms with Gasteiger partial charge in [0, 0.05) is 31.0 Å². The molecule has 0 saturated carbocycles. The molecule has 0 bridgehead atoms. The summed E-state index contributed by atoms with van der Waals surface area (Å²) in [6.45, 7) is 3.52. The van der Waals surface area contributed by atoms with Gasteiger partial charge < -0.3 is 23.9 Å². The van der Waals surface area contributed by atoms with Gasteiger partial charge in [0.2, 0.25) is 0 Å². The van der Waals surface area contributed by atoms with Crippen LogP contribution in [0.1, 0.15) is 48.5 Å². The van der Waals surface area contributed by atoms with E-state index in [1.165, 1.54) is 17.7 Å². The lowest BCUT2D eigenvalue weighted by atomic mass is 10.1. The summed E-state index contributed by atoms with van der Waals surface area (Å²) in [5.74, 6) is 0.106. The Morgan fingerprint density at radius 3 is 2.63 bits per heavy atom. The van der Waals surface area contributed by atoms with E-state index in [1.54, 1.807) is 12.1 Å². The Morgan fingerprint density at radius 2 is 1.89 bits per heavy atom. The third kappa shape index (κ3) is 6.70. The summed E-state index contributed by atoms with van der Waals surface area (Å²) in [6.07, 6.45) is 3.47. The molecule has 1 unspecified atom stereocenters. The monoisotopic (exact) mass is 479 g/mol. The molecule has 1 aliphatic heterocycles. The van der Waals surface area contributed by atoms with Crippen LogP contribution in [0.15, 0.2) is 57.7 Å². The highest BCUT2D eigenvalue weighted by atomic mass is 16.5. The van der Waals surface area contributed by atoms with Crippen molar-refractivity contribution in [3.05, 3.63) is 70.1 Å². The zero-order valence-corrected chi connectivity index (χ0v) is 19.7. The first-order valence-electron chi connectivity index (χ1n) is 11.9. The number of fused-ring (bicyclic) bond motifs is 1. The molecule has 8 heteroatoms. The maximum Gasteiger partial charge on any atom is 0.349 e. The molecular weight excluding hydrogens is 450 g/mol. The Balaban J connectivity index is 1.28. The molecule has 1 atom stereocenters. The number of ether oxygens (including phenoxy) is 3. The Labute approximate surface area is 203 Å². The maximum absolute atomic E-state index is 12.4. The van der Waals surface area contributed by atoms with Crippen molar-refractivity contribution in [1.82, 2.24) is 5.32 Å². The van der Waals surface area contributed by atoms with E-state index in [-0.39, 0.29) is 29.4 Å². The standard InChI is InChI=1S/C27H29NO7/c1-2-18-7-10-20(11-8-18)32-14-4-6-25(29)34-21-12-9-19-15-23(27(31)35-24(19)16-21)26(30)28-17-22-5-3-13-33-22/h7-12,15-16,22H,2-6,13-14,17H2,1H3,(H,28,30). The van der Waals surface area contributed by atoms with Crippen molar-refractivity contribution in [1.29, 1.82) is 0 Å². The second-order valence-electron chi connectivity index (χ2n) is 8.42. The third-order valence-corrected chi connectivity index (χ3v) is 5.82. The molecule has 0 aliphatic carbocycles. The number of aryl methyl sites for hydroxylation is 1. The number of hydrogen-bond acceptors (Lipinski definition) is 7. The molecule has 4 rings (SSSR count). The van der Waals surface area contributed by atoms with E-state index >= 15 is 0 Å². The molecule has 8 nitrogen and oxygen atoms in total. The van der Waals surface area contributed by atoms with Crippen molar-refractivity contribution in [2.24, 2.45) is 0 Å². The maximum atomic E-state index is 12.4. The normalized spacial score (nSPS) is 15.2. The van der Waals surface area contributed by atoms with Crippen LogP contribution in [-0.4, -0.2) is 37.7 Å². The number of carbonyl (C=O) groups excluding carboxylic acids is 2. The second-order valence-corrected chi connectivity index (χ2v) is 8.42. The van der Waals surface area contributed by atoms with Crippen LogP contribution >= 0.6 is 0 Å². The smallest absolute Gasteiger partial charge is 0.349 e. The van der Waals surface area contributed by atoms with Gasteiger partial charge in [0.05, 0.1) is 12.7 Å². The van der Waals surface area contributed by atoms with Crippen molar-refractivity contribution >= 4 is 22.8 Å². The van der Waals surface area contributed by atoms with Crippen LogP contribution in [0.2, 0.25) is 0 Å². The minimum absolute atomic E-state index is 0.0254. The predicted molar refractivity (Wildman–Crippen MR) is 130 cm³/mol. The topological polar surface area (TPSA) is 104 Å². The van der Waals surface area contributed by atoms with Gasteiger partial charge in [-0.15, -0.1) is 0 Å². The Kier molecular flexibility index (Phi) is 8.15. The summed E-state index contributed by atoms with van der Waals surface area (Å²) < 4.78 is 21.8. The van der Waals surface area contributed by atoms with Crippen LogP contribution in [0.3, 0.4) is 0 Å². The first-order chi connectivity index (χ1) is 17.0. The minimum Gasteiger partial charge on any atom is -0.494 e. The molecule has 2 aromatic carbocycles. The van der Waals surface area contributed by atoms with E-state index in [1.807, 2.05) is 24.3 Å². The van der Waals surface area contributed by atoms with E-state index in [4.69, 9.17) is 18.6 Å². The van der Waals surface area contributed by atoms with Gasteiger partial charge in [-0.05, 0) is 61.6 Å².